The summed E-state index contributed by atoms with van der Waals surface area (Å²) in [6.45, 7) is 3.86. The van der Waals surface area contributed by atoms with E-state index in [0.717, 1.165) is 48.1 Å². The second kappa shape index (κ2) is 4.95. The van der Waals surface area contributed by atoms with Crippen LogP contribution < -0.4 is 4.90 Å². The lowest BCUT2D eigenvalue weighted by molar-refractivity contribution is -0.111. The van der Waals surface area contributed by atoms with E-state index in [1.807, 2.05) is 6.20 Å². The molecule has 1 saturated heterocycles. The average Bonchev–Trinajstić information content (AvgIpc) is 2.29. The lowest BCUT2D eigenvalue weighted by atomic mass is 9.99. The van der Waals surface area contributed by atoms with Gasteiger partial charge in [-0.15, -0.1) is 0 Å². The van der Waals surface area contributed by atoms with Gasteiger partial charge in [-0.05, 0) is 47.3 Å². The minimum Gasteiger partial charge on any atom is -0.356 e. The predicted octanol–water partition coefficient (Wildman–Crippen LogP) is 2.57. The zero-order valence-corrected chi connectivity index (χ0v) is 10.9. The van der Waals surface area contributed by atoms with Crippen LogP contribution in [0.3, 0.4) is 0 Å². The minimum absolute atomic E-state index is 0.165. The summed E-state index contributed by atoms with van der Waals surface area (Å²) in [6.07, 6.45) is 4.96. The number of carbonyl (C=O) groups excluding carboxylic acids is 1. The molecule has 0 spiro atoms. The fourth-order valence-electron chi connectivity index (χ4n) is 2.18. The van der Waals surface area contributed by atoms with Crippen molar-refractivity contribution < 1.29 is 4.79 Å². The third kappa shape index (κ3) is 2.43. The summed E-state index contributed by atoms with van der Waals surface area (Å²) in [5.74, 6) is 1.17. The number of pyridine rings is 1. The Labute approximate surface area is 104 Å². The highest BCUT2D eigenvalue weighted by Crippen LogP contribution is 2.25. The van der Waals surface area contributed by atoms with Crippen molar-refractivity contribution in [3.05, 3.63) is 22.3 Å². The maximum Gasteiger partial charge on any atom is 0.131 e. The van der Waals surface area contributed by atoms with Crippen molar-refractivity contribution in [3.8, 4) is 0 Å². The van der Waals surface area contributed by atoms with Crippen LogP contribution in [0.2, 0.25) is 0 Å². The van der Waals surface area contributed by atoms with Gasteiger partial charge in [0, 0.05) is 29.7 Å². The van der Waals surface area contributed by atoms with Crippen LogP contribution in [0, 0.1) is 12.8 Å². The van der Waals surface area contributed by atoms with Crippen molar-refractivity contribution in [2.45, 2.75) is 19.8 Å². The third-order valence-electron chi connectivity index (χ3n) is 2.97. The number of hydrogen-bond donors (Lipinski definition) is 0. The Kier molecular flexibility index (Phi) is 3.59. The first kappa shape index (κ1) is 11.6. The van der Waals surface area contributed by atoms with Crippen molar-refractivity contribution in [1.82, 2.24) is 4.98 Å². The zero-order valence-electron chi connectivity index (χ0n) is 9.32. The van der Waals surface area contributed by atoms with Gasteiger partial charge in [0.05, 0.1) is 0 Å². The van der Waals surface area contributed by atoms with E-state index in [2.05, 4.69) is 38.8 Å². The standard InChI is InChI=1S/C12H15BrN2O/c1-9-5-11(13)6-14-12(9)15-4-2-3-10(7-15)8-16/h5-6,8,10H,2-4,7H2,1H3. The minimum atomic E-state index is 0.165. The second-order valence-electron chi connectivity index (χ2n) is 4.28. The smallest absolute Gasteiger partial charge is 0.131 e. The summed E-state index contributed by atoms with van der Waals surface area (Å²) in [7, 11) is 0. The highest BCUT2D eigenvalue weighted by atomic mass is 79.9. The van der Waals surface area contributed by atoms with Gasteiger partial charge < -0.3 is 9.69 Å². The second-order valence-corrected chi connectivity index (χ2v) is 5.19. The maximum atomic E-state index is 10.8. The van der Waals surface area contributed by atoms with E-state index in [-0.39, 0.29) is 5.92 Å². The Morgan fingerprint density at radius 1 is 1.62 bits per heavy atom. The molecular weight excluding hydrogens is 268 g/mol. The first-order valence-corrected chi connectivity index (χ1v) is 6.32. The molecule has 0 amide bonds. The van der Waals surface area contributed by atoms with Crippen molar-refractivity contribution in [2.24, 2.45) is 5.92 Å². The summed E-state index contributed by atoms with van der Waals surface area (Å²) in [5.41, 5.74) is 1.15. The molecule has 3 nitrogen and oxygen atoms in total. The van der Waals surface area contributed by atoms with Crippen molar-refractivity contribution in [1.29, 1.82) is 0 Å². The number of aromatic nitrogens is 1. The van der Waals surface area contributed by atoms with Crippen LogP contribution in [0.4, 0.5) is 5.82 Å². The third-order valence-corrected chi connectivity index (χ3v) is 3.40. The molecule has 1 aliphatic rings. The van der Waals surface area contributed by atoms with Gasteiger partial charge in [-0.2, -0.15) is 0 Å². The van der Waals surface area contributed by atoms with Crippen LogP contribution >= 0.6 is 15.9 Å². The van der Waals surface area contributed by atoms with E-state index < -0.39 is 0 Å². The molecule has 2 heterocycles. The van der Waals surface area contributed by atoms with Crippen LogP contribution in [0.1, 0.15) is 18.4 Å². The monoisotopic (exact) mass is 282 g/mol. The van der Waals surface area contributed by atoms with E-state index in [4.69, 9.17) is 0 Å². The summed E-state index contributed by atoms with van der Waals surface area (Å²) >= 11 is 3.41. The van der Waals surface area contributed by atoms with E-state index in [9.17, 15) is 4.79 Å². The number of aldehydes is 1. The fourth-order valence-corrected chi connectivity index (χ4v) is 2.62. The van der Waals surface area contributed by atoms with Crippen LogP contribution in [-0.2, 0) is 4.79 Å². The molecule has 1 atom stereocenters. The van der Waals surface area contributed by atoms with Crippen LogP contribution in [0.5, 0.6) is 0 Å². The Hall–Kier alpha value is -0.900. The van der Waals surface area contributed by atoms with Crippen molar-refractivity contribution in [3.63, 3.8) is 0 Å². The van der Waals surface area contributed by atoms with Crippen LogP contribution in [0.15, 0.2) is 16.7 Å². The molecular formula is C12H15BrN2O. The lowest BCUT2D eigenvalue weighted by Crippen LogP contribution is -2.36. The van der Waals surface area contributed by atoms with Gasteiger partial charge in [0.15, 0.2) is 0 Å². The Morgan fingerprint density at radius 2 is 2.44 bits per heavy atom. The molecule has 4 heteroatoms. The molecule has 1 aliphatic heterocycles. The first-order valence-electron chi connectivity index (χ1n) is 5.53. The highest BCUT2D eigenvalue weighted by Gasteiger charge is 2.21. The van der Waals surface area contributed by atoms with E-state index in [1.54, 1.807) is 0 Å². The summed E-state index contributed by atoms with van der Waals surface area (Å²) < 4.78 is 0.998. The number of aryl methyl sites for hydroxylation is 1. The molecule has 0 radical (unpaired) electrons. The number of hydrogen-bond acceptors (Lipinski definition) is 3. The van der Waals surface area contributed by atoms with Gasteiger partial charge in [0.25, 0.3) is 0 Å². The summed E-state index contributed by atoms with van der Waals surface area (Å²) in [6, 6.07) is 2.06. The van der Waals surface area contributed by atoms with Gasteiger partial charge in [-0.3, -0.25) is 0 Å². The Morgan fingerprint density at radius 3 is 3.12 bits per heavy atom. The summed E-state index contributed by atoms with van der Waals surface area (Å²) in [5, 5.41) is 0. The SMILES string of the molecule is Cc1cc(Br)cnc1N1CCCC(C=O)C1. The van der Waals surface area contributed by atoms with Gasteiger partial charge in [0.1, 0.15) is 12.1 Å². The molecule has 0 bridgehead atoms. The zero-order chi connectivity index (χ0) is 11.5. The molecule has 2 rings (SSSR count). The fraction of sp³-hybridized carbons (Fsp3) is 0.500. The number of nitrogens with zero attached hydrogens (tertiary/aromatic N) is 2. The van der Waals surface area contributed by atoms with Gasteiger partial charge in [0.2, 0.25) is 0 Å². The molecule has 1 unspecified atom stereocenters. The van der Waals surface area contributed by atoms with E-state index in [1.165, 1.54) is 0 Å². The van der Waals surface area contributed by atoms with Crippen LogP contribution in [0.25, 0.3) is 0 Å². The first-order chi connectivity index (χ1) is 7.70. The molecule has 0 saturated carbocycles. The number of rotatable bonds is 2. The molecule has 16 heavy (non-hydrogen) atoms. The van der Waals surface area contributed by atoms with E-state index >= 15 is 0 Å². The number of anilines is 1. The van der Waals surface area contributed by atoms with Gasteiger partial charge in [-0.1, -0.05) is 0 Å². The van der Waals surface area contributed by atoms with E-state index in [0.29, 0.717) is 0 Å². The molecule has 1 aromatic heterocycles. The number of halogens is 1. The number of piperidine rings is 1. The van der Waals surface area contributed by atoms with Gasteiger partial charge in [-0.25, -0.2) is 4.98 Å². The summed E-state index contributed by atoms with van der Waals surface area (Å²) in [4.78, 5) is 17.5. The normalized spacial score (nSPS) is 20.9. The van der Waals surface area contributed by atoms with Crippen LogP contribution in [-0.4, -0.2) is 24.4 Å². The maximum absolute atomic E-state index is 10.8. The molecule has 1 aromatic rings. The molecule has 1 fully saturated rings. The molecule has 0 N–H and O–H groups in total. The molecule has 86 valence electrons. The van der Waals surface area contributed by atoms with Crippen molar-refractivity contribution >= 4 is 28.0 Å². The highest BCUT2D eigenvalue weighted by molar-refractivity contribution is 9.10. The average molecular weight is 283 g/mol. The Balaban J connectivity index is 2.19. The largest absolute Gasteiger partial charge is 0.356 e. The predicted molar refractivity (Wildman–Crippen MR) is 67.7 cm³/mol. The lowest BCUT2D eigenvalue weighted by Gasteiger charge is -2.32. The molecule has 0 aliphatic carbocycles. The quantitative estimate of drug-likeness (QED) is 0.782. The number of carbonyl (C=O) groups is 1. The molecule has 0 aromatic carbocycles. The van der Waals surface area contributed by atoms with Gasteiger partial charge >= 0.3 is 0 Å². The Bertz CT molecular complexity index is 395. The topological polar surface area (TPSA) is 33.2 Å². The van der Waals surface area contributed by atoms with Crippen molar-refractivity contribution in [2.75, 3.05) is 18.0 Å².